The molecular formula is C19H28N4O11. The molecule has 5 N–H and O–H groups in total. The molecule has 2 amide bonds. The molecule has 1 aromatic heterocycles. The van der Waals surface area contributed by atoms with Gasteiger partial charge in [-0.3, -0.25) is 14.7 Å². The maximum Gasteiger partial charge on any atom is 0.412 e. The highest BCUT2D eigenvalue weighted by Gasteiger charge is 2.53. The van der Waals surface area contributed by atoms with Crippen molar-refractivity contribution in [2.75, 3.05) is 31.9 Å². The van der Waals surface area contributed by atoms with Crippen LogP contribution < -0.4 is 16.3 Å². The zero-order chi connectivity index (χ0) is 25.5. The molecule has 0 unspecified atom stereocenters. The molecule has 2 rings (SSSR count). The van der Waals surface area contributed by atoms with Gasteiger partial charge < -0.3 is 39.6 Å². The van der Waals surface area contributed by atoms with E-state index in [0.717, 1.165) is 4.57 Å². The topological polar surface area (TPSA) is 208 Å². The third kappa shape index (κ3) is 6.86. The standard InChI is InChI=1S/C19H28N4O11/c1-10(2)14(26)32-9-33-17(28)20-5-7-31-18(29)22-12-4-6-23(16(27)21-12)15-19(3,30)13(25)11(8-24)34-15/h4,6,10-11,13,15,24-25,30H,5,7-9H2,1-3H3,(H,20,28)(H,21,22,27,29)/t11-,13-,15-,19-/m1/s1. The zero-order valence-corrected chi connectivity index (χ0v) is 18.8. The highest BCUT2D eigenvalue weighted by molar-refractivity contribution is 5.83. The number of esters is 1. The van der Waals surface area contributed by atoms with Gasteiger partial charge in [0.05, 0.1) is 19.1 Å². The summed E-state index contributed by atoms with van der Waals surface area (Å²) in [6, 6.07) is 1.23. The van der Waals surface area contributed by atoms with Crippen molar-refractivity contribution < 1.29 is 48.7 Å². The van der Waals surface area contributed by atoms with Crippen LogP contribution in [0.3, 0.4) is 0 Å². The van der Waals surface area contributed by atoms with Crippen molar-refractivity contribution >= 4 is 24.0 Å². The number of ether oxygens (including phenoxy) is 4. The number of aromatic nitrogens is 2. The Hall–Kier alpha value is -3.27. The fourth-order valence-corrected chi connectivity index (χ4v) is 2.85. The summed E-state index contributed by atoms with van der Waals surface area (Å²) in [4.78, 5) is 50.5. The second kappa shape index (κ2) is 11.7. The van der Waals surface area contributed by atoms with Crippen molar-refractivity contribution in [1.82, 2.24) is 14.9 Å². The van der Waals surface area contributed by atoms with Crippen LogP contribution in [-0.2, 0) is 23.7 Å². The molecule has 1 aliphatic rings. The fraction of sp³-hybridized carbons (Fsp3) is 0.632. The number of rotatable bonds is 9. The minimum absolute atomic E-state index is 0.109. The molecule has 1 fully saturated rings. The monoisotopic (exact) mass is 488 g/mol. The third-order valence-corrected chi connectivity index (χ3v) is 4.71. The molecule has 1 aromatic rings. The molecule has 190 valence electrons. The zero-order valence-electron chi connectivity index (χ0n) is 18.8. The van der Waals surface area contributed by atoms with Gasteiger partial charge >= 0.3 is 23.8 Å². The minimum atomic E-state index is -1.88. The lowest BCUT2D eigenvalue weighted by molar-refractivity contribution is -0.155. The number of aliphatic hydroxyl groups excluding tert-OH is 2. The van der Waals surface area contributed by atoms with Crippen LogP contribution in [0.2, 0.25) is 0 Å². The molecule has 0 saturated carbocycles. The van der Waals surface area contributed by atoms with Crippen LogP contribution in [-0.4, -0.2) is 87.4 Å². The molecule has 0 spiro atoms. The van der Waals surface area contributed by atoms with Crippen LogP contribution in [0.25, 0.3) is 0 Å². The molecule has 4 atom stereocenters. The van der Waals surface area contributed by atoms with Crippen molar-refractivity contribution in [1.29, 1.82) is 0 Å². The van der Waals surface area contributed by atoms with Crippen LogP contribution in [0.5, 0.6) is 0 Å². The van der Waals surface area contributed by atoms with Crippen LogP contribution >= 0.6 is 0 Å². The molecule has 0 bridgehead atoms. The van der Waals surface area contributed by atoms with Crippen molar-refractivity contribution in [2.24, 2.45) is 5.92 Å². The number of nitrogens with one attached hydrogen (secondary N) is 2. The van der Waals surface area contributed by atoms with Crippen molar-refractivity contribution in [3.05, 3.63) is 22.7 Å². The largest absolute Gasteiger partial charge is 0.447 e. The number of nitrogens with zero attached hydrogens (tertiary/aromatic N) is 2. The molecule has 0 radical (unpaired) electrons. The van der Waals surface area contributed by atoms with Crippen LogP contribution in [0.1, 0.15) is 27.0 Å². The Morgan fingerprint density at radius 3 is 2.56 bits per heavy atom. The Morgan fingerprint density at radius 1 is 1.26 bits per heavy atom. The molecule has 34 heavy (non-hydrogen) atoms. The van der Waals surface area contributed by atoms with Gasteiger partial charge in [-0.05, 0) is 13.0 Å². The maximum atomic E-state index is 12.3. The predicted octanol–water partition coefficient (Wildman–Crippen LogP) is -1.32. The summed E-state index contributed by atoms with van der Waals surface area (Å²) < 4.78 is 20.4. The van der Waals surface area contributed by atoms with Crippen molar-refractivity contribution in [3.8, 4) is 0 Å². The number of aliphatic hydroxyl groups is 3. The summed E-state index contributed by atoms with van der Waals surface area (Å²) in [7, 11) is 0. The third-order valence-electron chi connectivity index (χ3n) is 4.71. The van der Waals surface area contributed by atoms with Gasteiger partial charge in [0, 0.05) is 6.20 Å². The van der Waals surface area contributed by atoms with E-state index >= 15 is 0 Å². The second-order valence-corrected chi connectivity index (χ2v) is 7.74. The molecular weight excluding hydrogens is 460 g/mol. The van der Waals surface area contributed by atoms with E-state index in [1.54, 1.807) is 13.8 Å². The van der Waals surface area contributed by atoms with E-state index in [1.165, 1.54) is 19.2 Å². The summed E-state index contributed by atoms with van der Waals surface area (Å²) in [5.41, 5.74) is -2.78. The van der Waals surface area contributed by atoms with Crippen molar-refractivity contribution in [2.45, 2.75) is 44.8 Å². The lowest BCUT2D eigenvalue weighted by Gasteiger charge is -2.27. The molecule has 15 nitrogen and oxygen atoms in total. The van der Waals surface area contributed by atoms with Gasteiger partial charge in [0.2, 0.25) is 6.79 Å². The smallest absolute Gasteiger partial charge is 0.412 e. The van der Waals surface area contributed by atoms with Gasteiger partial charge in [-0.25, -0.2) is 14.4 Å². The van der Waals surface area contributed by atoms with Crippen LogP contribution in [0.15, 0.2) is 17.1 Å². The number of anilines is 1. The first-order valence-electron chi connectivity index (χ1n) is 10.2. The van der Waals surface area contributed by atoms with Gasteiger partial charge in [0.25, 0.3) is 0 Å². The fourth-order valence-electron chi connectivity index (χ4n) is 2.85. The van der Waals surface area contributed by atoms with Crippen molar-refractivity contribution in [3.63, 3.8) is 0 Å². The number of carbonyl (C=O) groups excluding carboxylic acids is 3. The van der Waals surface area contributed by atoms with Gasteiger partial charge in [0.15, 0.2) is 6.23 Å². The average molecular weight is 488 g/mol. The van der Waals surface area contributed by atoms with Gasteiger partial charge in [-0.1, -0.05) is 13.8 Å². The first-order valence-corrected chi connectivity index (χ1v) is 10.2. The lowest BCUT2D eigenvalue weighted by Crippen LogP contribution is -2.46. The van der Waals surface area contributed by atoms with E-state index in [1.807, 2.05) is 0 Å². The molecule has 1 aliphatic heterocycles. The van der Waals surface area contributed by atoms with Gasteiger partial charge in [-0.2, -0.15) is 4.98 Å². The Labute approximate surface area is 193 Å². The second-order valence-electron chi connectivity index (χ2n) is 7.74. The Balaban J connectivity index is 1.78. The van der Waals surface area contributed by atoms with E-state index in [2.05, 4.69) is 25.1 Å². The summed E-state index contributed by atoms with van der Waals surface area (Å²) in [6.07, 6.45) is -4.53. The minimum Gasteiger partial charge on any atom is -0.447 e. The molecule has 2 heterocycles. The molecule has 1 saturated heterocycles. The normalized spacial score (nSPS) is 23.9. The van der Waals surface area contributed by atoms with E-state index in [4.69, 9.17) is 9.47 Å². The number of alkyl carbamates (subject to hydrolysis) is 1. The van der Waals surface area contributed by atoms with Crippen LogP contribution in [0, 0.1) is 5.92 Å². The van der Waals surface area contributed by atoms with Crippen LogP contribution in [0.4, 0.5) is 15.4 Å². The van der Waals surface area contributed by atoms with E-state index in [9.17, 15) is 34.5 Å². The highest BCUT2D eigenvalue weighted by Crippen LogP contribution is 2.37. The molecule has 0 aromatic carbocycles. The first kappa shape index (κ1) is 27.0. The van der Waals surface area contributed by atoms with E-state index < -0.39 is 61.3 Å². The highest BCUT2D eigenvalue weighted by atomic mass is 16.7. The summed E-state index contributed by atoms with van der Waals surface area (Å²) >= 11 is 0. The number of amides is 2. The first-order chi connectivity index (χ1) is 16.0. The Kier molecular flexibility index (Phi) is 9.31. The number of carbonyl (C=O) groups is 3. The Bertz CT molecular complexity index is 933. The summed E-state index contributed by atoms with van der Waals surface area (Å²) in [5, 5.41) is 34.2. The summed E-state index contributed by atoms with van der Waals surface area (Å²) in [5.74, 6) is -1.05. The quantitative estimate of drug-likeness (QED) is 0.156. The molecule has 0 aliphatic carbocycles. The van der Waals surface area contributed by atoms with Gasteiger partial charge in [-0.15, -0.1) is 0 Å². The molecule has 15 heteroatoms. The predicted molar refractivity (Wildman–Crippen MR) is 111 cm³/mol. The summed E-state index contributed by atoms with van der Waals surface area (Å²) in [6.45, 7) is 3.01. The SMILES string of the molecule is CC(C)C(=O)OCOC(=O)NCCOC(=O)Nc1ccn([C@@H]2O[C@H](CO)[C@@H](O)[C@@]2(C)O)c(=O)n1. The lowest BCUT2D eigenvalue weighted by atomic mass is 9.96. The number of hydrogen-bond donors (Lipinski definition) is 5. The Morgan fingerprint density at radius 2 is 1.97 bits per heavy atom. The van der Waals surface area contributed by atoms with E-state index in [-0.39, 0.29) is 24.9 Å². The van der Waals surface area contributed by atoms with Gasteiger partial charge in [0.1, 0.15) is 30.2 Å². The average Bonchev–Trinajstić information content (AvgIpc) is 3.00. The van der Waals surface area contributed by atoms with E-state index in [0.29, 0.717) is 0 Å². The number of hydrogen-bond acceptors (Lipinski definition) is 12. The maximum absolute atomic E-state index is 12.3.